The van der Waals surface area contributed by atoms with E-state index in [2.05, 4.69) is 15.4 Å². The number of nitrogens with one attached hydrogen (secondary N) is 1. The van der Waals surface area contributed by atoms with Crippen LogP contribution in [0.15, 0.2) is 42.6 Å². The minimum atomic E-state index is -0.334. The van der Waals surface area contributed by atoms with Gasteiger partial charge in [-0.1, -0.05) is 0 Å². The molecule has 6 nitrogen and oxygen atoms in total. The van der Waals surface area contributed by atoms with Crippen LogP contribution in [0.2, 0.25) is 0 Å². The molecule has 0 aliphatic rings. The van der Waals surface area contributed by atoms with Crippen molar-refractivity contribution < 1.29 is 13.9 Å². The van der Waals surface area contributed by atoms with Gasteiger partial charge >= 0.3 is 0 Å². The number of halogens is 1. The largest absolute Gasteiger partial charge is 0.385 e. The molecule has 2 heterocycles. The smallest absolute Gasteiger partial charge is 0.272 e. The Morgan fingerprint density at radius 2 is 2.08 bits per heavy atom. The monoisotopic (exact) mass is 328 g/mol. The van der Waals surface area contributed by atoms with Gasteiger partial charge in [0.05, 0.1) is 11.1 Å². The average molecular weight is 328 g/mol. The van der Waals surface area contributed by atoms with Crippen LogP contribution in [0.4, 0.5) is 4.39 Å². The lowest BCUT2D eigenvalue weighted by molar-refractivity contribution is 0.0945. The molecule has 1 amide bonds. The fraction of sp³-hybridized carbons (Fsp3) is 0.235. The van der Waals surface area contributed by atoms with Gasteiger partial charge in [0.2, 0.25) is 0 Å². The second-order valence-corrected chi connectivity index (χ2v) is 5.21. The Hall–Kier alpha value is -2.80. The standard InChI is InChI=1S/C17H17FN4O2/c1-24-11-3-10-20-17(23)15-14-4-2-9-19-16(14)22(21-15)13-7-5-12(18)6-8-13/h2,4-9H,3,10-11H2,1H3,(H,20,23). The Bertz CT molecular complexity index is 845. The first-order valence-corrected chi connectivity index (χ1v) is 7.57. The highest BCUT2D eigenvalue weighted by Gasteiger charge is 2.18. The van der Waals surface area contributed by atoms with Crippen LogP contribution in [-0.4, -0.2) is 40.9 Å². The lowest BCUT2D eigenvalue weighted by Crippen LogP contribution is -2.25. The Morgan fingerprint density at radius 1 is 1.29 bits per heavy atom. The maximum absolute atomic E-state index is 13.1. The minimum Gasteiger partial charge on any atom is -0.385 e. The third-order valence-corrected chi connectivity index (χ3v) is 3.54. The highest BCUT2D eigenvalue weighted by molar-refractivity contribution is 6.04. The molecule has 0 aliphatic carbocycles. The van der Waals surface area contributed by atoms with Crippen LogP contribution in [0, 0.1) is 5.82 Å². The molecule has 0 unspecified atom stereocenters. The van der Waals surface area contributed by atoms with Crippen molar-refractivity contribution in [3.8, 4) is 5.69 Å². The predicted molar refractivity (Wildman–Crippen MR) is 87.6 cm³/mol. The predicted octanol–water partition coefficient (Wildman–Crippen LogP) is 2.33. The molecular formula is C17H17FN4O2. The molecule has 2 aromatic heterocycles. The van der Waals surface area contributed by atoms with E-state index in [1.54, 1.807) is 42.3 Å². The van der Waals surface area contributed by atoms with Gasteiger partial charge in [-0.25, -0.2) is 14.1 Å². The summed E-state index contributed by atoms with van der Waals surface area (Å²) in [7, 11) is 1.62. The summed E-state index contributed by atoms with van der Waals surface area (Å²) in [6.45, 7) is 1.07. The number of carbonyl (C=O) groups excluding carboxylic acids is 1. The van der Waals surface area contributed by atoms with E-state index in [9.17, 15) is 9.18 Å². The lowest BCUT2D eigenvalue weighted by atomic mass is 10.2. The molecule has 24 heavy (non-hydrogen) atoms. The van der Waals surface area contributed by atoms with Gasteiger partial charge in [0.25, 0.3) is 5.91 Å². The van der Waals surface area contributed by atoms with Crippen molar-refractivity contribution in [1.82, 2.24) is 20.1 Å². The fourth-order valence-corrected chi connectivity index (χ4v) is 2.38. The Morgan fingerprint density at radius 3 is 2.83 bits per heavy atom. The van der Waals surface area contributed by atoms with E-state index < -0.39 is 0 Å². The summed E-state index contributed by atoms with van der Waals surface area (Å²) in [5.74, 6) is -0.607. The summed E-state index contributed by atoms with van der Waals surface area (Å²) in [6, 6.07) is 9.42. The SMILES string of the molecule is COCCCNC(=O)c1nn(-c2ccc(F)cc2)c2ncccc12. The Kier molecular flexibility index (Phi) is 4.81. The van der Waals surface area contributed by atoms with Crippen molar-refractivity contribution in [2.24, 2.45) is 0 Å². The molecule has 0 atom stereocenters. The van der Waals surface area contributed by atoms with Crippen LogP contribution in [0.25, 0.3) is 16.7 Å². The molecule has 0 fully saturated rings. The zero-order chi connectivity index (χ0) is 16.9. The molecule has 3 aromatic rings. The van der Waals surface area contributed by atoms with Crippen LogP contribution in [0.5, 0.6) is 0 Å². The van der Waals surface area contributed by atoms with Gasteiger partial charge in [0.1, 0.15) is 5.82 Å². The molecular weight excluding hydrogens is 311 g/mol. The van der Waals surface area contributed by atoms with Gasteiger partial charge in [-0.2, -0.15) is 5.10 Å². The first-order valence-electron chi connectivity index (χ1n) is 7.57. The van der Waals surface area contributed by atoms with Crippen molar-refractivity contribution in [3.63, 3.8) is 0 Å². The van der Waals surface area contributed by atoms with E-state index >= 15 is 0 Å². The first kappa shape index (κ1) is 16.1. The number of nitrogens with zero attached hydrogens (tertiary/aromatic N) is 3. The van der Waals surface area contributed by atoms with E-state index in [0.29, 0.717) is 35.6 Å². The molecule has 124 valence electrons. The number of fused-ring (bicyclic) bond motifs is 1. The lowest BCUT2D eigenvalue weighted by Gasteiger charge is -2.03. The van der Waals surface area contributed by atoms with E-state index in [-0.39, 0.29) is 11.7 Å². The van der Waals surface area contributed by atoms with Crippen molar-refractivity contribution in [3.05, 3.63) is 54.1 Å². The number of amides is 1. The van der Waals surface area contributed by atoms with Crippen LogP contribution in [0.1, 0.15) is 16.9 Å². The molecule has 3 rings (SSSR count). The highest BCUT2D eigenvalue weighted by atomic mass is 19.1. The van der Waals surface area contributed by atoms with E-state index in [1.807, 2.05) is 0 Å². The van der Waals surface area contributed by atoms with Gasteiger partial charge in [-0.05, 0) is 42.8 Å². The van der Waals surface area contributed by atoms with Gasteiger partial charge in [-0.3, -0.25) is 4.79 Å². The second-order valence-electron chi connectivity index (χ2n) is 5.21. The van der Waals surface area contributed by atoms with Gasteiger partial charge in [0, 0.05) is 26.5 Å². The van der Waals surface area contributed by atoms with Crippen molar-refractivity contribution in [2.45, 2.75) is 6.42 Å². The minimum absolute atomic E-state index is 0.273. The zero-order valence-corrected chi connectivity index (χ0v) is 13.2. The van der Waals surface area contributed by atoms with E-state index in [1.165, 1.54) is 12.1 Å². The highest BCUT2D eigenvalue weighted by Crippen LogP contribution is 2.20. The summed E-state index contributed by atoms with van der Waals surface area (Å²) >= 11 is 0. The summed E-state index contributed by atoms with van der Waals surface area (Å²) in [5.41, 5.74) is 1.48. The summed E-state index contributed by atoms with van der Waals surface area (Å²) in [4.78, 5) is 16.7. The van der Waals surface area contributed by atoms with Crippen LogP contribution >= 0.6 is 0 Å². The van der Waals surface area contributed by atoms with Crippen LogP contribution in [-0.2, 0) is 4.74 Å². The molecule has 0 aliphatic heterocycles. The number of ether oxygens (including phenoxy) is 1. The molecule has 0 spiro atoms. The normalized spacial score (nSPS) is 10.9. The van der Waals surface area contributed by atoms with Crippen LogP contribution < -0.4 is 5.32 Å². The topological polar surface area (TPSA) is 69.0 Å². The molecule has 7 heteroatoms. The number of hydrogen-bond donors (Lipinski definition) is 1. The molecule has 0 bridgehead atoms. The van der Waals surface area contributed by atoms with E-state index in [0.717, 1.165) is 6.42 Å². The summed E-state index contributed by atoms with van der Waals surface area (Å²) in [6.07, 6.45) is 2.35. The molecule has 1 N–H and O–H groups in total. The second kappa shape index (κ2) is 7.18. The van der Waals surface area contributed by atoms with Gasteiger partial charge in [-0.15, -0.1) is 0 Å². The average Bonchev–Trinajstić information content (AvgIpc) is 2.99. The van der Waals surface area contributed by atoms with Crippen molar-refractivity contribution in [1.29, 1.82) is 0 Å². The maximum atomic E-state index is 13.1. The number of rotatable bonds is 6. The Labute approximate surface area is 138 Å². The number of hydrogen-bond acceptors (Lipinski definition) is 4. The fourth-order valence-electron chi connectivity index (χ4n) is 2.38. The molecule has 0 saturated heterocycles. The number of methoxy groups -OCH3 is 1. The summed E-state index contributed by atoms with van der Waals surface area (Å²) in [5, 5.41) is 7.84. The zero-order valence-electron chi connectivity index (χ0n) is 13.2. The third kappa shape index (κ3) is 3.26. The first-order chi connectivity index (χ1) is 11.7. The third-order valence-electron chi connectivity index (χ3n) is 3.54. The molecule has 1 aromatic carbocycles. The number of pyridine rings is 1. The number of benzene rings is 1. The molecule has 0 radical (unpaired) electrons. The molecule has 0 saturated carbocycles. The van der Waals surface area contributed by atoms with Gasteiger partial charge < -0.3 is 10.1 Å². The number of aromatic nitrogens is 3. The summed E-state index contributed by atoms with van der Waals surface area (Å²) < 4.78 is 19.6. The van der Waals surface area contributed by atoms with Gasteiger partial charge in [0.15, 0.2) is 11.3 Å². The Balaban J connectivity index is 1.94. The van der Waals surface area contributed by atoms with E-state index in [4.69, 9.17) is 4.74 Å². The maximum Gasteiger partial charge on any atom is 0.272 e. The van der Waals surface area contributed by atoms with Crippen molar-refractivity contribution in [2.75, 3.05) is 20.3 Å². The number of carbonyl (C=O) groups is 1. The van der Waals surface area contributed by atoms with Crippen molar-refractivity contribution >= 4 is 16.9 Å². The van der Waals surface area contributed by atoms with Crippen LogP contribution in [0.3, 0.4) is 0 Å². The quantitative estimate of drug-likeness (QED) is 0.705.